The van der Waals surface area contributed by atoms with E-state index < -0.39 is 0 Å². The second-order valence-corrected chi connectivity index (χ2v) is 6.10. The van der Waals surface area contributed by atoms with Crippen LogP contribution in [0.1, 0.15) is 17.3 Å². The lowest BCUT2D eigenvalue weighted by Gasteiger charge is -2.20. The fourth-order valence-corrected chi connectivity index (χ4v) is 2.59. The summed E-state index contributed by atoms with van der Waals surface area (Å²) in [4.78, 5) is 18.6. The van der Waals surface area contributed by atoms with Crippen molar-refractivity contribution in [3.05, 3.63) is 36.3 Å². The molecule has 3 rings (SSSR count). The molecule has 8 heteroatoms. The molecule has 1 N–H and O–H groups in total. The Morgan fingerprint density at radius 3 is 3.04 bits per heavy atom. The molecule has 25 heavy (non-hydrogen) atoms. The molecule has 2 aromatic rings. The van der Waals surface area contributed by atoms with Crippen LogP contribution in [0.2, 0.25) is 0 Å². The number of aryl methyl sites for hydroxylation is 1. The van der Waals surface area contributed by atoms with E-state index >= 15 is 0 Å². The number of carbonyl (C=O) groups excluding carboxylic acids is 1. The van der Waals surface area contributed by atoms with E-state index in [1.807, 2.05) is 32.1 Å². The molecule has 0 bridgehead atoms. The number of hydrogen-bond donors (Lipinski definition) is 1. The zero-order valence-corrected chi connectivity index (χ0v) is 14.7. The molecule has 0 saturated carbocycles. The Morgan fingerprint density at radius 1 is 1.48 bits per heavy atom. The highest BCUT2D eigenvalue weighted by molar-refractivity contribution is 5.95. The van der Waals surface area contributed by atoms with E-state index in [0.717, 1.165) is 12.4 Å². The molecule has 8 nitrogen and oxygen atoms in total. The van der Waals surface area contributed by atoms with Crippen LogP contribution >= 0.6 is 0 Å². The van der Waals surface area contributed by atoms with Crippen LogP contribution in [0, 0.1) is 0 Å². The van der Waals surface area contributed by atoms with E-state index in [4.69, 9.17) is 9.47 Å². The van der Waals surface area contributed by atoms with Gasteiger partial charge in [-0.1, -0.05) is 0 Å². The van der Waals surface area contributed by atoms with Crippen molar-refractivity contribution in [3.8, 4) is 5.75 Å². The SMILES string of the molecule is CCn1cc(O[C@@H]2COC[C@@H]2NC(=O)c2ccnc(N(C)C)c2)cn1. The van der Waals surface area contributed by atoms with Crippen molar-refractivity contribution >= 4 is 11.7 Å². The fraction of sp³-hybridized carbons (Fsp3) is 0.471. The van der Waals surface area contributed by atoms with Gasteiger partial charge in [0.1, 0.15) is 11.9 Å². The number of nitrogens with one attached hydrogen (secondary N) is 1. The summed E-state index contributed by atoms with van der Waals surface area (Å²) < 4.78 is 13.2. The third-order valence-corrected chi connectivity index (χ3v) is 4.03. The average Bonchev–Trinajstić information content (AvgIpc) is 3.25. The number of amides is 1. The van der Waals surface area contributed by atoms with Crippen LogP contribution in [0.4, 0.5) is 5.82 Å². The normalized spacial score (nSPS) is 19.6. The first-order valence-electron chi connectivity index (χ1n) is 8.28. The second kappa shape index (κ2) is 7.52. The summed E-state index contributed by atoms with van der Waals surface area (Å²) in [7, 11) is 3.77. The maximum atomic E-state index is 12.5. The molecule has 1 aliphatic rings. The van der Waals surface area contributed by atoms with E-state index in [0.29, 0.717) is 24.5 Å². The minimum atomic E-state index is -0.242. The van der Waals surface area contributed by atoms with E-state index in [1.54, 1.807) is 29.2 Å². The quantitative estimate of drug-likeness (QED) is 0.839. The summed E-state index contributed by atoms with van der Waals surface area (Å²) in [6.07, 6.45) is 4.90. The number of ether oxygens (including phenoxy) is 2. The van der Waals surface area contributed by atoms with Gasteiger partial charge >= 0.3 is 0 Å². The number of anilines is 1. The Kier molecular flexibility index (Phi) is 5.18. The monoisotopic (exact) mass is 345 g/mol. The van der Waals surface area contributed by atoms with Crippen molar-refractivity contribution in [2.75, 3.05) is 32.2 Å². The van der Waals surface area contributed by atoms with Gasteiger partial charge in [-0.2, -0.15) is 5.10 Å². The van der Waals surface area contributed by atoms with Crippen LogP contribution in [-0.4, -0.2) is 60.1 Å². The molecule has 1 fully saturated rings. The summed E-state index contributed by atoms with van der Waals surface area (Å²) in [6, 6.07) is 3.24. The van der Waals surface area contributed by atoms with Gasteiger partial charge in [0.15, 0.2) is 5.75 Å². The van der Waals surface area contributed by atoms with E-state index in [1.165, 1.54) is 0 Å². The molecule has 1 amide bonds. The predicted molar refractivity (Wildman–Crippen MR) is 93.0 cm³/mol. The summed E-state index contributed by atoms with van der Waals surface area (Å²) in [6.45, 7) is 3.64. The van der Waals surface area contributed by atoms with E-state index in [-0.39, 0.29) is 18.1 Å². The molecule has 3 heterocycles. The van der Waals surface area contributed by atoms with Crippen LogP contribution in [0.5, 0.6) is 5.75 Å². The summed E-state index contributed by atoms with van der Waals surface area (Å²) in [5.41, 5.74) is 0.558. The number of aromatic nitrogens is 3. The van der Waals surface area contributed by atoms with Crippen LogP contribution < -0.4 is 15.0 Å². The summed E-state index contributed by atoms with van der Waals surface area (Å²) >= 11 is 0. The number of carbonyl (C=O) groups is 1. The molecule has 134 valence electrons. The molecule has 0 aliphatic carbocycles. The third-order valence-electron chi connectivity index (χ3n) is 4.03. The molecular weight excluding hydrogens is 322 g/mol. The minimum Gasteiger partial charge on any atom is -0.482 e. The molecule has 2 atom stereocenters. The smallest absolute Gasteiger partial charge is 0.251 e. The molecule has 0 radical (unpaired) electrons. The molecule has 0 unspecified atom stereocenters. The zero-order valence-electron chi connectivity index (χ0n) is 14.7. The Bertz CT molecular complexity index is 731. The van der Waals surface area contributed by atoms with Crippen LogP contribution in [0.3, 0.4) is 0 Å². The second-order valence-electron chi connectivity index (χ2n) is 6.10. The first-order valence-corrected chi connectivity index (χ1v) is 8.28. The van der Waals surface area contributed by atoms with Gasteiger partial charge in [0.25, 0.3) is 5.91 Å². The number of nitrogens with zero attached hydrogens (tertiary/aromatic N) is 4. The van der Waals surface area contributed by atoms with Gasteiger partial charge in [0.05, 0.1) is 31.6 Å². The Labute approximate surface area is 146 Å². The van der Waals surface area contributed by atoms with Gasteiger partial charge in [-0.3, -0.25) is 9.48 Å². The van der Waals surface area contributed by atoms with E-state index in [9.17, 15) is 4.79 Å². The van der Waals surface area contributed by atoms with Crippen LogP contribution in [0.15, 0.2) is 30.7 Å². The van der Waals surface area contributed by atoms with Gasteiger partial charge < -0.3 is 19.7 Å². The highest BCUT2D eigenvalue weighted by atomic mass is 16.5. The lowest BCUT2D eigenvalue weighted by molar-refractivity contribution is 0.0904. The molecule has 1 aliphatic heterocycles. The van der Waals surface area contributed by atoms with E-state index in [2.05, 4.69) is 15.4 Å². The average molecular weight is 345 g/mol. The number of pyridine rings is 1. The van der Waals surface area contributed by atoms with Crippen molar-refractivity contribution in [1.82, 2.24) is 20.1 Å². The van der Waals surface area contributed by atoms with Gasteiger partial charge in [-0.15, -0.1) is 0 Å². The van der Waals surface area contributed by atoms with Gasteiger partial charge in [0, 0.05) is 32.4 Å². The zero-order chi connectivity index (χ0) is 17.8. The Hall–Kier alpha value is -2.61. The topological polar surface area (TPSA) is 81.5 Å². The highest BCUT2D eigenvalue weighted by Crippen LogP contribution is 2.17. The maximum absolute atomic E-state index is 12.5. The summed E-state index contributed by atoms with van der Waals surface area (Å²) in [5.74, 6) is 1.24. The van der Waals surface area contributed by atoms with Gasteiger partial charge in [-0.25, -0.2) is 4.98 Å². The fourth-order valence-electron chi connectivity index (χ4n) is 2.59. The Balaban J connectivity index is 1.64. The molecule has 0 aromatic carbocycles. The molecule has 2 aromatic heterocycles. The lowest BCUT2D eigenvalue weighted by Crippen LogP contribution is -2.45. The summed E-state index contributed by atoms with van der Waals surface area (Å²) in [5, 5.41) is 7.18. The molecule has 1 saturated heterocycles. The maximum Gasteiger partial charge on any atom is 0.251 e. The predicted octanol–water partition coefficient (Wildman–Crippen LogP) is 0.940. The first-order chi connectivity index (χ1) is 12.1. The molecular formula is C17H23N5O3. The van der Waals surface area contributed by atoms with Crippen molar-refractivity contribution in [1.29, 1.82) is 0 Å². The third kappa shape index (κ3) is 4.08. The van der Waals surface area contributed by atoms with Crippen molar-refractivity contribution in [3.63, 3.8) is 0 Å². The molecule has 0 spiro atoms. The van der Waals surface area contributed by atoms with Crippen LogP contribution in [0.25, 0.3) is 0 Å². The number of rotatable bonds is 6. The highest BCUT2D eigenvalue weighted by Gasteiger charge is 2.32. The standard InChI is InChI=1S/C17H23N5O3/c1-4-22-9-13(8-19-22)25-15-11-24-10-14(15)20-17(23)12-5-6-18-16(7-12)21(2)3/h5-9,14-15H,4,10-11H2,1-3H3,(H,20,23)/t14-,15+/m0/s1. The van der Waals surface area contributed by atoms with Gasteiger partial charge in [-0.05, 0) is 19.1 Å². The minimum absolute atomic E-state index is 0.168. The Morgan fingerprint density at radius 2 is 2.32 bits per heavy atom. The largest absolute Gasteiger partial charge is 0.482 e. The van der Waals surface area contributed by atoms with Crippen LogP contribution in [-0.2, 0) is 11.3 Å². The van der Waals surface area contributed by atoms with Crippen molar-refractivity contribution in [2.24, 2.45) is 0 Å². The van der Waals surface area contributed by atoms with Gasteiger partial charge in [0.2, 0.25) is 0 Å². The first kappa shape index (κ1) is 17.2. The van der Waals surface area contributed by atoms with Crippen molar-refractivity contribution in [2.45, 2.75) is 25.6 Å². The lowest BCUT2D eigenvalue weighted by atomic mass is 10.1. The number of hydrogen-bond acceptors (Lipinski definition) is 6. The van der Waals surface area contributed by atoms with Crippen molar-refractivity contribution < 1.29 is 14.3 Å².